The molecule has 5 N–H and O–H groups in total. The van der Waals surface area contributed by atoms with Gasteiger partial charge in [-0.1, -0.05) is 39.8 Å². The predicted molar refractivity (Wildman–Crippen MR) is 253 cm³/mol. The molecule has 0 saturated carbocycles. The number of likely N-dealkylation sites (tertiary alicyclic amines) is 2. The van der Waals surface area contributed by atoms with Crippen LogP contribution >= 0.6 is 0 Å². The van der Waals surface area contributed by atoms with Crippen LogP contribution in [0.3, 0.4) is 0 Å². The molecule has 4 amide bonds. The molecule has 356 valence electrons. The Morgan fingerprint density at radius 1 is 0.672 bits per heavy atom. The fraction of sp³-hybridized carbons (Fsp3) is 0.520. The number of amides is 4. The van der Waals surface area contributed by atoms with Crippen LogP contribution in [0, 0.1) is 17.7 Å². The van der Waals surface area contributed by atoms with Crippen molar-refractivity contribution in [2.45, 2.75) is 122 Å². The van der Waals surface area contributed by atoms with Crippen LogP contribution in [0.1, 0.15) is 132 Å². The number of fused-ring (bicyclic) bond motifs is 2. The van der Waals surface area contributed by atoms with Crippen LogP contribution < -0.4 is 20.4 Å². The number of halogens is 1. The van der Waals surface area contributed by atoms with Crippen molar-refractivity contribution >= 4 is 57.4 Å². The van der Waals surface area contributed by atoms with Crippen LogP contribution in [0.25, 0.3) is 22.1 Å². The highest BCUT2D eigenvalue weighted by Gasteiger charge is 2.41. The third kappa shape index (κ3) is 9.08. The summed E-state index contributed by atoms with van der Waals surface area (Å²) >= 11 is 0. The van der Waals surface area contributed by atoms with Gasteiger partial charge < -0.3 is 50.0 Å². The Kier molecular flexibility index (Phi) is 13.0. The minimum Gasteiger partial charge on any atom is -0.465 e. The number of carbonyl (C=O) groups excluding carboxylic acids is 3. The van der Waals surface area contributed by atoms with Gasteiger partial charge >= 0.3 is 12.2 Å². The van der Waals surface area contributed by atoms with Gasteiger partial charge in [-0.05, 0) is 123 Å². The van der Waals surface area contributed by atoms with Gasteiger partial charge in [0.05, 0.1) is 59.0 Å². The molecule has 6 atom stereocenters. The summed E-state index contributed by atoms with van der Waals surface area (Å²) < 4.78 is 21.2. The van der Waals surface area contributed by atoms with Crippen LogP contribution in [-0.2, 0) is 14.3 Å². The van der Waals surface area contributed by atoms with E-state index in [2.05, 4.69) is 60.7 Å². The third-order valence-corrected chi connectivity index (χ3v) is 14.4. The standard InChI is InChI=1S/C50H63FN10O6/c1-28(2)43(56-49(64)65)47(62)59-23-9-11-41(59)45-52-34-16-13-30(25-36(34)54-45)38-19-20-39(61(38)32-15-18-40(33(51)27-32)58-21-7-6-8-22-58)31-14-17-35-37(26-31)55-46(53-35)42-12-10-24-60(42)48(63)44(29(3)4)57-50(66)67-5/h13-18,25-29,38-39,41-44,56H,6-12,19-24H2,1-5H3,(H,52,54)(H,53,55)(H,57,66)(H,64,65)/t38?,39?,41-,42-,43-,44-/m0/s1. The van der Waals surface area contributed by atoms with Crippen LogP contribution in [0.5, 0.6) is 0 Å². The topological polar surface area (TPSA) is 192 Å². The van der Waals surface area contributed by atoms with Gasteiger partial charge in [-0.15, -0.1) is 0 Å². The Bertz CT molecular complexity index is 2640. The molecule has 4 aliphatic rings. The largest absolute Gasteiger partial charge is 0.465 e. The Labute approximate surface area is 390 Å². The van der Waals surface area contributed by atoms with Gasteiger partial charge in [-0.2, -0.15) is 0 Å². The lowest BCUT2D eigenvalue weighted by Crippen LogP contribution is -2.51. The number of methoxy groups -OCH3 is 1. The lowest BCUT2D eigenvalue weighted by atomic mass is 10.0. The smallest absolute Gasteiger partial charge is 0.407 e. The summed E-state index contributed by atoms with van der Waals surface area (Å²) in [6, 6.07) is 15.7. The second-order valence-corrected chi connectivity index (χ2v) is 19.4. The van der Waals surface area contributed by atoms with Gasteiger partial charge in [0, 0.05) is 31.9 Å². The summed E-state index contributed by atoms with van der Waals surface area (Å²) in [6.45, 7) is 10.2. The quantitative estimate of drug-likeness (QED) is 0.0809. The molecule has 2 unspecified atom stereocenters. The number of imidazole rings is 2. The zero-order chi connectivity index (χ0) is 47.1. The number of benzene rings is 3. The Hall–Kier alpha value is -6.39. The van der Waals surface area contributed by atoms with E-state index < -0.39 is 24.3 Å². The van der Waals surface area contributed by atoms with Crippen molar-refractivity contribution in [3.63, 3.8) is 0 Å². The average molecular weight is 919 g/mol. The Morgan fingerprint density at radius 3 is 1.67 bits per heavy atom. The van der Waals surface area contributed by atoms with Gasteiger partial charge in [0.25, 0.3) is 0 Å². The molecule has 5 aromatic rings. The first kappa shape index (κ1) is 45.8. The van der Waals surface area contributed by atoms with Gasteiger partial charge in [0.2, 0.25) is 11.8 Å². The van der Waals surface area contributed by atoms with Crippen LogP contribution in [-0.4, -0.2) is 104 Å². The maximum Gasteiger partial charge on any atom is 0.407 e. The number of carbonyl (C=O) groups is 4. The van der Waals surface area contributed by atoms with Crippen molar-refractivity contribution in [3.8, 4) is 0 Å². The molecule has 0 spiro atoms. The summed E-state index contributed by atoms with van der Waals surface area (Å²) in [4.78, 5) is 76.6. The third-order valence-electron chi connectivity index (χ3n) is 14.4. The molecule has 3 aromatic carbocycles. The van der Waals surface area contributed by atoms with E-state index in [1.165, 1.54) is 7.11 Å². The normalized spacial score (nSPS) is 22.0. The molecular formula is C50H63FN10O6. The van der Waals surface area contributed by atoms with E-state index in [0.717, 1.165) is 103 Å². The first-order chi connectivity index (χ1) is 32.3. The number of nitrogens with zero attached hydrogens (tertiary/aromatic N) is 6. The number of nitrogens with one attached hydrogen (secondary N) is 4. The van der Waals surface area contributed by atoms with Crippen LogP contribution in [0.4, 0.5) is 25.4 Å². The van der Waals surface area contributed by atoms with Crippen molar-refractivity contribution in [3.05, 3.63) is 83.2 Å². The Balaban J connectivity index is 1.02. The highest BCUT2D eigenvalue weighted by molar-refractivity contribution is 5.87. The summed E-state index contributed by atoms with van der Waals surface area (Å²) in [7, 11) is 1.29. The zero-order valence-electron chi connectivity index (χ0n) is 39.1. The molecule has 0 bridgehead atoms. The average Bonchev–Trinajstić information content (AvgIpc) is 4.18. The number of rotatable bonds is 12. The van der Waals surface area contributed by atoms with E-state index in [9.17, 15) is 24.3 Å². The maximum absolute atomic E-state index is 16.4. The SMILES string of the molecule is COC(=O)N[C@H](C(=O)N1CCC[C@H]1c1nc2cc(C3CCC(c4ccc5[nH]c([C@@H]6CCCN6C(=O)[C@@H](NC(=O)O)C(C)C)nc5c4)N3c3ccc(N4CCCCC4)c(F)c3)ccc2[nH]1)C(C)C. The number of H-pyrrole nitrogens is 2. The van der Waals surface area contributed by atoms with E-state index in [1.807, 2.05) is 50.8 Å². The number of alkyl carbamates (subject to hydrolysis) is 1. The number of ether oxygens (including phenoxy) is 1. The monoisotopic (exact) mass is 918 g/mol. The molecule has 6 heterocycles. The first-order valence-corrected chi connectivity index (χ1v) is 24.1. The molecule has 9 rings (SSSR count). The van der Waals surface area contributed by atoms with Gasteiger partial charge in [-0.25, -0.2) is 23.9 Å². The minimum atomic E-state index is -1.23. The summed E-state index contributed by atoms with van der Waals surface area (Å²) in [6.07, 6.45) is 5.98. The number of carboxylic acid groups (broad SMARTS) is 1. The van der Waals surface area contributed by atoms with Crippen LogP contribution in [0.15, 0.2) is 54.6 Å². The second-order valence-electron chi connectivity index (χ2n) is 19.4. The van der Waals surface area contributed by atoms with Crippen molar-refractivity contribution in [2.75, 3.05) is 43.1 Å². The van der Waals surface area contributed by atoms with Crippen LogP contribution in [0.2, 0.25) is 0 Å². The van der Waals surface area contributed by atoms with Gasteiger partial charge in [-0.3, -0.25) is 9.59 Å². The number of aromatic nitrogens is 4. The summed E-state index contributed by atoms with van der Waals surface area (Å²) in [5.41, 5.74) is 6.72. The van der Waals surface area contributed by atoms with E-state index >= 15 is 4.39 Å². The number of hydrogen-bond donors (Lipinski definition) is 5. The van der Waals surface area contributed by atoms with Crippen molar-refractivity contribution in [1.82, 2.24) is 40.4 Å². The first-order valence-electron chi connectivity index (χ1n) is 24.1. The summed E-state index contributed by atoms with van der Waals surface area (Å²) in [5, 5.41) is 14.6. The minimum absolute atomic E-state index is 0.118. The molecule has 16 nitrogen and oxygen atoms in total. The van der Waals surface area contributed by atoms with Gasteiger partial charge in [0.1, 0.15) is 29.5 Å². The molecule has 4 aliphatic heterocycles. The molecule has 4 saturated heterocycles. The zero-order valence-corrected chi connectivity index (χ0v) is 39.1. The van der Waals surface area contributed by atoms with Crippen molar-refractivity contribution in [2.24, 2.45) is 11.8 Å². The van der Waals surface area contributed by atoms with Crippen molar-refractivity contribution in [1.29, 1.82) is 0 Å². The number of piperidine rings is 1. The fourth-order valence-corrected chi connectivity index (χ4v) is 11.0. The van der Waals surface area contributed by atoms with E-state index in [-0.39, 0.29) is 53.6 Å². The van der Waals surface area contributed by atoms with Gasteiger partial charge in [0.15, 0.2) is 0 Å². The molecule has 2 aromatic heterocycles. The maximum atomic E-state index is 16.4. The van der Waals surface area contributed by atoms with E-state index in [4.69, 9.17) is 14.7 Å². The Morgan fingerprint density at radius 2 is 1.19 bits per heavy atom. The summed E-state index contributed by atoms with van der Waals surface area (Å²) in [5.74, 6) is 0.333. The fourth-order valence-electron chi connectivity index (χ4n) is 11.0. The number of anilines is 2. The lowest BCUT2D eigenvalue weighted by molar-refractivity contribution is -0.136. The highest BCUT2D eigenvalue weighted by Crippen LogP contribution is 2.48. The number of hydrogen-bond acceptors (Lipinski definition) is 9. The molecule has 67 heavy (non-hydrogen) atoms. The number of aromatic amines is 2. The molecule has 0 radical (unpaired) electrons. The molecule has 4 fully saturated rings. The predicted octanol–water partition coefficient (Wildman–Crippen LogP) is 8.65. The lowest BCUT2D eigenvalue weighted by Gasteiger charge is -2.34. The van der Waals surface area contributed by atoms with E-state index in [1.54, 1.807) is 11.0 Å². The highest BCUT2D eigenvalue weighted by atomic mass is 19.1. The second kappa shape index (κ2) is 19.1. The van der Waals surface area contributed by atoms with E-state index in [0.29, 0.717) is 36.8 Å². The van der Waals surface area contributed by atoms with Crippen molar-refractivity contribution < 1.29 is 33.4 Å². The molecule has 17 heteroatoms. The molecular weight excluding hydrogens is 856 g/mol. The molecule has 0 aliphatic carbocycles.